The summed E-state index contributed by atoms with van der Waals surface area (Å²) in [6, 6.07) is 10.8. The Morgan fingerprint density at radius 2 is 1.93 bits per heavy atom. The number of fused-ring (bicyclic) bond motifs is 1. The van der Waals surface area contributed by atoms with Crippen molar-refractivity contribution < 1.29 is 8.78 Å². The summed E-state index contributed by atoms with van der Waals surface area (Å²) in [6.45, 7) is 3.92. The molecule has 0 fully saturated rings. The minimum absolute atomic E-state index is 0.0282. The van der Waals surface area contributed by atoms with Gasteiger partial charge < -0.3 is 5.32 Å². The van der Waals surface area contributed by atoms with Crippen LogP contribution >= 0.6 is 11.6 Å². The molecule has 148 valence electrons. The predicted molar refractivity (Wildman–Crippen MR) is 109 cm³/mol. The van der Waals surface area contributed by atoms with E-state index < -0.39 is 5.82 Å². The molecule has 0 bridgehead atoms. The van der Waals surface area contributed by atoms with Crippen molar-refractivity contribution in [2.24, 2.45) is 0 Å². The fourth-order valence-corrected chi connectivity index (χ4v) is 3.43. The van der Waals surface area contributed by atoms with E-state index in [1.165, 1.54) is 24.3 Å². The highest BCUT2D eigenvalue weighted by molar-refractivity contribution is 6.31. The zero-order chi connectivity index (χ0) is 20.5. The molecule has 0 aliphatic rings. The van der Waals surface area contributed by atoms with Crippen LogP contribution in [0.2, 0.25) is 5.02 Å². The highest BCUT2D eigenvalue weighted by Gasteiger charge is 2.16. The molecule has 1 N–H and O–H groups in total. The number of aryl methyl sites for hydroxylation is 1. The molecule has 0 saturated heterocycles. The van der Waals surface area contributed by atoms with E-state index in [4.69, 9.17) is 11.6 Å². The number of anilines is 2. The number of benzene rings is 2. The van der Waals surface area contributed by atoms with Gasteiger partial charge in [-0.2, -0.15) is 9.50 Å². The SMILES string of the molecule is CCc1c(C)nc2nc(Cc3cccc(F)c3)nn2c1Nc1ccc(F)c(Cl)c1. The number of rotatable bonds is 5. The summed E-state index contributed by atoms with van der Waals surface area (Å²) in [4.78, 5) is 9.05. The summed E-state index contributed by atoms with van der Waals surface area (Å²) < 4.78 is 28.6. The summed E-state index contributed by atoms with van der Waals surface area (Å²) >= 11 is 5.92. The highest BCUT2D eigenvalue weighted by Crippen LogP contribution is 2.27. The summed E-state index contributed by atoms with van der Waals surface area (Å²) in [7, 11) is 0. The van der Waals surface area contributed by atoms with Gasteiger partial charge in [-0.3, -0.25) is 0 Å². The van der Waals surface area contributed by atoms with E-state index in [1.54, 1.807) is 16.6 Å². The molecule has 0 spiro atoms. The number of aromatic nitrogens is 4. The molecule has 0 amide bonds. The van der Waals surface area contributed by atoms with E-state index in [2.05, 4.69) is 20.4 Å². The van der Waals surface area contributed by atoms with Gasteiger partial charge in [-0.15, -0.1) is 5.10 Å². The molecular formula is C21H18ClF2N5. The number of nitrogens with zero attached hydrogens (tertiary/aromatic N) is 4. The molecule has 0 atom stereocenters. The topological polar surface area (TPSA) is 55.1 Å². The van der Waals surface area contributed by atoms with Crippen LogP contribution in [0, 0.1) is 18.6 Å². The second kappa shape index (κ2) is 7.75. The molecule has 0 radical (unpaired) electrons. The van der Waals surface area contributed by atoms with Crippen LogP contribution in [0.5, 0.6) is 0 Å². The third-order valence-corrected chi connectivity index (χ3v) is 4.91. The van der Waals surface area contributed by atoms with Crippen LogP contribution in [0.4, 0.5) is 20.3 Å². The van der Waals surface area contributed by atoms with E-state index in [-0.39, 0.29) is 10.8 Å². The van der Waals surface area contributed by atoms with E-state index in [1.807, 2.05) is 19.9 Å². The van der Waals surface area contributed by atoms with Crippen LogP contribution in [0.15, 0.2) is 42.5 Å². The molecule has 4 rings (SSSR count). The molecule has 8 heteroatoms. The van der Waals surface area contributed by atoms with Crippen LogP contribution < -0.4 is 5.32 Å². The minimum atomic E-state index is -0.484. The lowest BCUT2D eigenvalue weighted by molar-refractivity contribution is 0.625. The fourth-order valence-electron chi connectivity index (χ4n) is 3.25. The van der Waals surface area contributed by atoms with Crippen LogP contribution in [0.1, 0.15) is 29.6 Å². The maximum Gasteiger partial charge on any atom is 0.254 e. The standard InChI is InChI=1S/C21H18ClF2N5/c1-3-16-12(2)25-21-27-19(10-13-5-4-6-14(23)9-13)28-29(21)20(16)26-15-7-8-18(24)17(22)11-15/h4-9,11,26H,3,10H2,1-2H3. The van der Waals surface area contributed by atoms with Crippen molar-refractivity contribution in [3.8, 4) is 0 Å². The molecule has 29 heavy (non-hydrogen) atoms. The Hall–Kier alpha value is -3.06. The Bertz CT molecular complexity index is 1210. The van der Waals surface area contributed by atoms with E-state index in [9.17, 15) is 8.78 Å². The van der Waals surface area contributed by atoms with Gasteiger partial charge in [0, 0.05) is 23.4 Å². The first-order chi connectivity index (χ1) is 13.9. The first kappa shape index (κ1) is 19.3. The van der Waals surface area contributed by atoms with Crippen molar-refractivity contribution in [3.63, 3.8) is 0 Å². The molecule has 4 aromatic rings. The van der Waals surface area contributed by atoms with E-state index in [0.29, 0.717) is 35.9 Å². The van der Waals surface area contributed by atoms with Crippen LogP contribution in [0.25, 0.3) is 5.78 Å². The average Bonchev–Trinajstić information content (AvgIpc) is 3.07. The summed E-state index contributed by atoms with van der Waals surface area (Å²) in [5.41, 5.74) is 3.17. The van der Waals surface area contributed by atoms with Crippen molar-refractivity contribution in [1.29, 1.82) is 0 Å². The molecule has 2 heterocycles. The highest BCUT2D eigenvalue weighted by atomic mass is 35.5. The minimum Gasteiger partial charge on any atom is -0.340 e. The number of halogens is 3. The zero-order valence-corrected chi connectivity index (χ0v) is 16.6. The average molecular weight is 414 g/mol. The third-order valence-electron chi connectivity index (χ3n) is 4.62. The van der Waals surface area contributed by atoms with Gasteiger partial charge in [0.2, 0.25) is 0 Å². The molecular weight excluding hydrogens is 396 g/mol. The Balaban J connectivity index is 1.78. The summed E-state index contributed by atoms with van der Waals surface area (Å²) in [5.74, 6) is 0.861. The predicted octanol–water partition coefficient (Wildman–Crippen LogP) is 5.26. The Morgan fingerprint density at radius 1 is 1.10 bits per heavy atom. The lowest BCUT2D eigenvalue weighted by Crippen LogP contribution is -2.08. The van der Waals surface area contributed by atoms with Gasteiger partial charge in [0.05, 0.1) is 5.02 Å². The van der Waals surface area contributed by atoms with Crippen LogP contribution in [0.3, 0.4) is 0 Å². The van der Waals surface area contributed by atoms with Gasteiger partial charge in [-0.25, -0.2) is 13.8 Å². The second-order valence-corrected chi connectivity index (χ2v) is 7.09. The lowest BCUT2D eigenvalue weighted by atomic mass is 10.1. The molecule has 2 aromatic heterocycles. The van der Waals surface area contributed by atoms with Gasteiger partial charge in [-0.1, -0.05) is 30.7 Å². The Labute approximate surface area is 171 Å². The molecule has 0 aliphatic carbocycles. The largest absolute Gasteiger partial charge is 0.340 e. The first-order valence-corrected chi connectivity index (χ1v) is 9.54. The van der Waals surface area contributed by atoms with Gasteiger partial charge >= 0.3 is 0 Å². The van der Waals surface area contributed by atoms with Crippen molar-refractivity contribution in [2.75, 3.05) is 5.32 Å². The molecule has 0 saturated carbocycles. The second-order valence-electron chi connectivity index (χ2n) is 6.68. The van der Waals surface area contributed by atoms with Crippen molar-refractivity contribution in [2.45, 2.75) is 26.7 Å². The zero-order valence-electron chi connectivity index (χ0n) is 15.9. The smallest absolute Gasteiger partial charge is 0.254 e. The Morgan fingerprint density at radius 3 is 2.66 bits per heavy atom. The van der Waals surface area contributed by atoms with Gasteiger partial charge in [-0.05, 0) is 49.2 Å². The fraction of sp³-hybridized carbons (Fsp3) is 0.190. The van der Waals surface area contributed by atoms with Crippen molar-refractivity contribution >= 4 is 28.9 Å². The summed E-state index contributed by atoms with van der Waals surface area (Å²) in [6.07, 6.45) is 1.09. The third kappa shape index (κ3) is 3.91. The van der Waals surface area contributed by atoms with Crippen LogP contribution in [-0.2, 0) is 12.8 Å². The van der Waals surface area contributed by atoms with E-state index in [0.717, 1.165) is 16.8 Å². The Kier molecular flexibility index (Phi) is 5.15. The molecule has 2 aromatic carbocycles. The summed E-state index contributed by atoms with van der Waals surface area (Å²) in [5, 5.41) is 7.87. The molecule has 0 unspecified atom stereocenters. The lowest BCUT2D eigenvalue weighted by Gasteiger charge is -2.14. The number of hydrogen-bond donors (Lipinski definition) is 1. The van der Waals surface area contributed by atoms with Crippen LogP contribution in [-0.4, -0.2) is 19.6 Å². The van der Waals surface area contributed by atoms with Crippen molar-refractivity contribution in [1.82, 2.24) is 19.6 Å². The van der Waals surface area contributed by atoms with Gasteiger partial charge in [0.1, 0.15) is 17.5 Å². The number of nitrogens with one attached hydrogen (secondary N) is 1. The first-order valence-electron chi connectivity index (χ1n) is 9.16. The molecule has 5 nitrogen and oxygen atoms in total. The monoisotopic (exact) mass is 413 g/mol. The van der Waals surface area contributed by atoms with Gasteiger partial charge in [0.15, 0.2) is 5.82 Å². The number of hydrogen-bond acceptors (Lipinski definition) is 4. The quantitative estimate of drug-likeness (QED) is 0.484. The maximum atomic E-state index is 13.5. The maximum absolute atomic E-state index is 13.5. The van der Waals surface area contributed by atoms with E-state index >= 15 is 0 Å². The van der Waals surface area contributed by atoms with Gasteiger partial charge in [0.25, 0.3) is 5.78 Å². The molecule has 0 aliphatic heterocycles. The normalized spacial score (nSPS) is 11.2. The van der Waals surface area contributed by atoms with Crippen molar-refractivity contribution in [3.05, 3.63) is 81.8 Å².